The first-order valence-electron chi connectivity index (χ1n) is 7.49. The smallest absolute Gasteiger partial charge is 0.408 e. The molecular weight excluding hydrogens is 298 g/mol. The second-order valence-corrected chi connectivity index (χ2v) is 5.84. The fraction of sp³-hybridized carbons (Fsp3) is 0.500. The molecule has 0 fully saturated rings. The third-order valence-corrected chi connectivity index (χ3v) is 2.54. The van der Waals surface area contributed by atoms with E-state index in [0.717, 1.165) is 5.56 Å². The molecule has 0 unspecified atom stereocenters. The molecule has 0 aliphatic rings. The first-order valence-corrected chi connectivity index (χ1v) is 7.49. The number of alkyl carbamates (subject to hydrolysis) is 2. The van der Waals surface area contributed by atoms with E-state index in [2.05, 4.69) is 16.0 Å². The van der Waals surface area contributed by atoms with Crippen LogP contribution in [0.2, 0.25) is 0 Å². The van der Waals surface area contributed by atoms with Crippen molar-refractivity contribution in [2.24, 2.45) is 0 Å². The lowest BCUT2D eigenvalue weighted by atomic mass is 10.2. The SMILES string of the molecule is CC(C)(C)OC(=O)NCNCCNC(=O)OCc1ccccc1. The quantitative estimate of drug-likeness (QED) is 0.527. The van der Waals surface area contributed by atoms with Crippen molar-refractivity contribution in [1.29, 1.82) is 0 Å². The van der Waals surface area contributed by atoms with E-state index in [4.69, 9.17) is 9.47 Å². The number of carbonyl (C=O) groups is 2. The highest BCUT2D eigenvalue weighted by Gasteiger charge is 2.15. The average molecular weight is 323 g/mol. The van der Waals surface area contributed by atoms with Gasteiger partial charge in [-0.3, -0.25) is 5.32 Å². The Hall–Kier alpha value is -2.28. The van der Waals surface area contributed by atoms with E-state index in [-0.39, 0.29) is 13.3 Å². The second kappa shape index (κ2) is 9.68. The summed E-state index contributed by atoms with van der Waals surface area (Å²) in [5.41, 5.74) is 0.413. The van der Waals surface area contributed by atoms with Crippen LogP contribution in [0.1, 0.15) is 26.3 Å². The lowest BCUT2D eigenvalue weighted by Gasteiger charge is -2.19. The van der Waals surface area contributed by atoms with Crippen LogP contribution in [0.5, 0.6) is 0 Å². The van der Waals surface area contributed by atoms with Crippen molar-refractivity contribution in [3.05, 3.63) is 35.9 Å². The molecule has 1 aromatic rings. The molecule has 0 radical (unpaired) electrons. The summed E-state index contributed by atoms with van der Waals surface area (Å²) in [6, 6.07) is 9.45. The van der Waals surface area contributed by atoms with Gasteiger partial charge in [0.1, 0.15) is 12.2 Å². The minimum Gasteiger partial charge on any atom is -0.445 e. The van der Waals surface area contributed by atoms with Crippen LogP contribution in [0.4, 0.5) is 9.59 Å². The van der Waals surface area contributed by atoms with Gasteiger partial charge in [0.25, 0.3) is 0 Å². The van der Waals surface area contributed by atoms with Crippen LogP contribution in [0, 0.1) is 0 Å². The molecule has 0 saturated heterocycles. The number of hydrogen-bond acceptors (Lipinski definition) is 5. The summed E-state index contributed by atoms with van der Waals surface area (Å²) in [4.78, 5) is 22.8. The number of rotatable bonds is 7. The van der Waals surface area contributed by atoms with Gasteiger partial charge in [-0.25, -0.2) is 9.59 Å². The third kappa shape index (κ3) is 10.1. The zero-order valence-electron chi connectivity index (χ0n) is 13.8. The number of benzene rings is 1. The second-order valence-electron chi connectivity index (χ2n) is 5.84. The van der Waals surface area contributed by atoms with Gasteiger partial charge < -0.3 is 20.1 Å². The third-order valence-electron chi connectivity index (χ3n) is 2.54. The maximum Gasteiger partial charge on any atom is 0.408 e. The molecule has 23 heavy (non-hydrogen) atoms. The highest BCUT2D eigenvalue weighted by molar-refractivity contribution is 5.67. The Morgan fingerprint density at radius 3 is 2.35 bits per heavy atom. The van der Waals surface area contributed by atoms with Crippen LogP contribution in [-0.2, 0) is 16.1 Å². The molecule has 7 nitrogen and oxygen atoms in total. The van der Waals surface area contributed by atoms with Gasteiger partial charge >= 0.3 is 12.2 Å². The molecule has 0 spiro atoms. The van der Waals surface area contributed by atoms with Gasteiger partial charge in [0, 0.05) is 13.1 Å². The molecular formula is C16H25N3O4. The van der Waals surface area contributed by atoms with Gasteiger partial charge in [0.15, 0.2) is 0 Å². The first kappa shape index (κ1) is 18.8. The molecule has 0 aromatic heterocycles. The van der Waals surface area contributed by atoms with Crippen molar-refractivity contribution >= 4 is 12.2 Å². The van der Waals surface area contributed by atoms with Crippen LogP contribution in [0.3, 0.4) is 0 Å². The van der Waals surface area contributed by atoms with Crippen molar-refractivity contribution in [3.63, 3.8) is 0 Å². The summed E-state index contributed by atoms with van der Waals surface area (Å²) in [6.07, 6.45) is -0.962. The van der Waals surface area contributed by atoms with Crippen LogP contribution in [0.25, 0.3) is 0 Å². The molecule has 2 amide bonds. The lowest BCUT2D eigenvalue weighted by Crippen LogP contribution is -2.40. The summed E-state index contributed by atoms with van der Waals surface area (Å²) in [5, 5.41) is 8.12. The Bertz CT molecular complexity index is 486. The number of nitrogens with one attached hydrogen (secondary N) is 3. The van der Waals surface area contributed by atoms with Crippen molar-refractivity contribution in [2.75, 3.05) is 19.8 Å². The molecule has 3 N–H and O–H groups in total. The summed E-state index contributed by atoms with van der Waals surface area (Å²) < 4.78 is 10.1. The zero-order valence-corrected chi connectivity index (χ0v) is 13.8. The van der Waals surface area contributed by atoms with Crippen molar-refractivity contribution in [3.8, 4) is 0 Å². The van der Waals surface area contributed by atoms with Crippen molar-refractivity contribution < 1.29 is 19.1 Å². The Morgan fingerprint density at radius 1 is 1.00 bits per heavy atom. The van der Waals surface area contributed by atoms with E-state index in [1.54, 1.807) is 20.8 Å². The Labute approximate surface area is 136 Å². The predicted molar refractivity (Wildman–Crippen MR) is 86.9 cm³/mol. The molecule has 0 heterocycles. The molecule has 1 rings (SSSR count). The predicted octanol–water partition coefficient (Wildman–Crippen LogP) is 1.98. The van der Waals surface area contributed by atoms with Crippen molar-refractivity contribution in [1.82, 2.24) is 16.0 Å². The maximum atomic E-state index is 11.5. The van der Waals surface area contributed by atoms with Gasteiger partial charge in [-0.2, -0.15) is 0 Å². The lowest BCUT2D eigenvalue weighted by molar-refractivity contribution is 0.0523. The fourth-order valence-corrected chi connectivity index (χ4v) is 1.56. The molecule has 0 aliphatic carbocycles. The highest BCUT2D eigenvalue weighted by Crippen LogP contribution is 2.05. The van der Waals surface area contributed by atoms with Crippen LogP contribution in [-0.4, -0.2) is 37.5 Å². The topological polar surface area (TPSA) is 88.7 Å². The van der Waals surface area contributed by atoms with E-state index in [1.807, 2.05) is 30.3 Å². The van der Waals surface area contributed by atoms with Gasteiger partial charge in [0.2, 0.25) is 0 Å². The molecule has 0 bridgehead atoms. The minimum absolute atomic E-state index is 0.236. The summed E-state index contributed by atoms with van der Waals surface area (Å²) in [6.45, 7) is 6.77. The van der Waals surface area contributed by atoms with E-state index in [0.29, 0.717) is 13.1 Å². The number of amides is 2. The van der Waals surface area contributed by atoms with Gasteiger partial charge in [-0.05, 0) is 26.3 Å². The highest BCUT2D eigenvalue weighted by atomic mass is 16.6. The molecule has 1 aromatic carbocycles. The molecule has 7 heteroatoms. The fourth-order valence-electron chi connectivity index (χ4n) is 1.56. The molecule has 128 valence electrons. The van der Waals surface area contributed by atoms with Crippen molar-refractivity contribution in [2.45, 2.75) is 33.0 Å². The first-order chi connectivity index (χ1) is 10.9. The maximum absolute atomic E-state index is 11.5. The summed E-state index contributed by atoms with van der Waals surface area (Å²) in [7, 11) is 0. The van der Waals surface area contributed by atoms with Crippen LogP contribution in [0.15, 0.2) is 30.3 Å². The largest absolute Gasteiger partial charge is 0.445 e. The normalized spacial score (nSPS) is 10.7. The van der Waals surface area contributed by atoms with E-state index >= 15 is 0 Å². The van der Waals surface area contributed by atoms with Gasteiger partial charge in [-0.15, -0.1) is 0 Å². The van der Waals surface area contributed by atoms with Crippen LogP contribution >= 0.6 is 0 Å². The summed E-state index contributed by atoms with van der Waals surface area (Å²) in [5.74, 6) is 0. The Kier molecular flexibility index (Phi) is 7.90. The Balaban J connectivity index is 2.00. The minimum atomic E-state index is -0.520. The average Bonchev–Trinajstić information content (AvgIpc) is 2.48. The Morgan fingerprint density at radius 2 is 1.70 bits per heavy atom. The van der Waals surface area contributed by atoms with Gasteiger partial charge in [0.05, 0.1) is 6.67 Å². The van der Waals surface area contributed by atoms with Gasteiger partial charge in [-0.1, -0.05) is 30.3 Å². The number of hydrogen-bond donors (Lipinski definition) is 3. The number of ether oxygens (including phenoxy) is 2. The standard InChI is InChI=1S/C16H25N3O4/c1-16(2,3)23-15(21)19-12-17-9-10-18-14(20)22-11-13-7-5-4-6-8-13/h4-8,17H,9-12H2,1-3H3,(H,18,20)(H,19,21). The molecule has 0 atom stereocenters. The van der Waals surface area contributed by atoms with E-state index < -0.39 is 17.8 Å². The molecule has 0 saturated carbocycles. The monoisotopic (exact) mass is 323 g/mol. The molecule has 0 aliphatic heterocycles. The number of carbonyl (C=O) groups excluding carboxylic acids is 2. The summed E-state index contributed by atoms with van der Waals surface area (Å²) >= 11 is 0. The van der Waals surface area contributed by atoms with Crippen LogP contribution < -0.4 is 16.0 Å². The van der Waals surface area contributed by atoms with E-state index in [9.17, 15) is 9.59 Å². The zero-order chi connectivity index (χ0) is 17.1. The van der Waals surface area contributed by atoms with E-state index in [1.165, 1.54) is 0 Å².